The van der Waals surface area contributed by atoms with Gasteiger partial charge in [-0.1, -0.05) is 0 Å². The summed E-state index contributed by atoms with van der Waals surface area (Å²) in [5, 5.41) is 6.55. The molecule has 0 fully saturated rings. The van der Waals surface area contributed by atoms with Gasteiger partial charge in [0.15, 0.2) is 11.5 Å². The second-order valence-corrected chi connectivity index (χ2v) is 11.3. The minimum Gasteiger partial charge on any atom is -0.497 e. The average Bonchev–Trinajstić information content (AvgIpc) is 3.47. The lowest BCUT2D eigenvalue weighted by Gasteiger charge is -2.15. The van der Waals surface area contributed by atoms with Crippen LogP contribution in [0.4, 0.5) is 24.8 Å². The van der Waals surface area contributed by atoms with Crippen molar-refractivity contribution in [2.45, 2.75) is 12.7 Å². The molecular weight excluding hydrogens is 597 g/mol. The maximum absolute atomic E-state index is 13.4. The Morgan fingerprint density at radius 3 is 2.30 bits per heavy atom. The first kappa shape index (κ1) is 31.0. The van der Waals surface area contributed by atoms with E-state index in [0.29, 0.717) is 17.2 Å². The second kappa shape index (κ2) is 12.1. The number of sulfone groups is 1. The minimum absolute atomic E-state index is 0.0586. The number of rotatable bonds is 10. The molecule has 1 aromatic carbocycles. The van der Waals surface area contributed by atoms with Gasteiger partial charge in [-0.05, 0) is 12.1 Å². The molecule has 0 unspecified atom stereocenters. The summed E-state index contributed by atoms with van der Waals surface area (Å²) in [5.41, 5.74) is -1.89. The van der Waals surface area contributed by atoms with Crippen LogP contribution in [0.25, 0.3) is 16.9 Å². The van der Waals surface area contributed by atoms with E-state index in [9.17, 15) is 31.2 Å². The first-order chi connectivity index (χ1) is 20.2. The summed E-state index contributed by atoms with van der Waals surface area (Å²) in [6.45, 7) is -0.316. The Morgan fingerprint density at radius 1 is 1.07 bits per heavy atom. The van der Waals surface area contributed by atoms with E-state index in [1.807, 2.05) is 0 Å². The highest BCUT2D eigenvalue weighted by atomic mass is 32.2. The first-order valence-corrected chi connectivity index (χ1v) is 14.3. The number of hydrogen-bond donors (Lipinski definition) is 1. The summed E-state index contributed by atoms with van der Waals surface area (Å²) in [6, 6.07) is 6.74. The summed E-state index contributed by atoms with van der Waals surface area (Å²) >= 11 is 0. The monoisotopic (exact) mass is 622 g/mol. The lowest BCUT2D eigenvalue weighted by atomic mass is 10.1. The fourth-order valence-corrected chi connectivity index (χ4v) is 4.41. The number of halogens is 3. The smallest absolute Gasteiger partial charge is 0.435 e. The van der Waals surface area contributed by atoms with E-state index in [2.05, 4.69) is 20.4 Å². The molecule has 13 nitrogen and oxygen atoms in total. The van der Waals surface area contributed by atoms with Crippen molar-refractivity contribution in [2.24, 2.45) is 0 Å². The van der Waals surface area contributed by atoms with E-state index < -0.39 is 44.6 Å². The Balaban J connectivity index is 1.91. The van der Waals surface area contributed by atoms with Crippen molar-refractivity contribution in [1.82, 2.24) is 24.3 Å². The highest BCUT2D eigenvalue weighted by Crippen LogP contribution is 2.32. The van der Waals surface area contributed by atoms with Crippen molar-refractivity contribution in [3.63, 3.8) is 0 Å². The van der Waals surface area contributed by atoms with Gasteiger partial charge in [-0.3, -0.25) is 4.79 Å². The lowest BCUT2D eigenvalue weighted by Crippen LogP contribution is -2.29. The molecule has 228 valence electrons. The van der Waals surface area contributed by atoms with Gasteiger partial charge >= 0.3 is 12.1 Å². The highest BCUT2D eigenvalue weighted by molar-refractivity contribution is 7.90. The molecule has 4 aromatic rings. The van der Waals surface area contributed by atoms with Gasteiger partial charge in [-0.25, -0.2) is 22.9 Å². The number of hydrogen-bond acceptors (Lipinski definition) is 11. The standard InChI is InChI=1S/C26H25F3N6O7S/c1-40-17-10-16(11-18(12-17)41-2)31-25-30-13-20(22(32-25)35-6-5-21(33-35)26(27,28)29)15-9-19(24(37)42-3)23(36)34(14-15)7-8-43(4,38)39/h5-6,9-14H,7-8H2,1-4H3,(H,30,31,32). The van der Waals surface area contributed by atoms with Crippen molar-refractivity contribution in [1.29, 1.82) is 0 Å². The molecule has 0 radical (unpaired) electrons. The summed E-state index contributed by atoms with van der Waals surface area (Å²) < 4.78 is 80.9. The zero-order valence-corrected chi connectivity index (χ0v) is 24.0. The van der Waals surface area contributed by atoms with Gasteiger partial charge in [0.2, 0.25) is 5.95 Å². The number of aryl methyl sites for hydroxylation is 1. The van der Waals surface area contributed by atoms with Gasteiger partial charge in [-0.15, -0.1) is 0 Å². The maximum atomic E-state index is 13.4. The molecule has 4 rings (SSSR count). The predicted molar refractivity (Wildman–Crippen MR) is 148 cm³/mol. The summed E-state index contributed by atoms with van der Waals surface area (Å²) in [4.78, 5) is 34.1. The molecule has 43 heavy (non-hydrogen) atoms. The number of carbonyl (C=O) groups is 1. The van der Waals surface area contributed by atoms with Crippen LogP contribution in [0.1, 0.15) is 16.1 Å². The first-order valence-electron chi connectivity index (χ1n) is 12.2. The van der Waals surface area contributed by atoms with Crippen molar-refractivity contribution in [2.75, 3.05) is 38.7 Å². The van der Waals surface area contributed by atoms with Crippen LogP contribution in [0, 0.1) is 0 Å². The number of esters is 1. The van der Waals surface area contributed by atoms with Crippen molar-refractivity contribution in [3.8, 4) is 28.4 Å². The van der Waals surface area contributed by atoms with Crippen LogP contribution in [0.5, 0.6) is 11.5 Å². The van der Waals surface area contributed by atoms with Gasteiger partial charge < -0.3 is 24.1 Å². The molecule has 1 N–H and O–H groups in total. The van der Waals surface area contributed by atoms with Crippen LogP contribution in [-0.2, 0) is 27.3 Å². The fraction of sp³-hybridized carbons (Fsp3) is 0.269. The number of carbonyl (C=O) groups excluding carboxylic acids is 1. The van der Waals surface area contributed by atoms with Crippen LogP contribution in [0.3, 0.4) is 0 Å². The number of alkyl halides is 3. The van der Waals surface area contributed by atoms with Crippen LogP contribution in [0.15, 0.2) is 53.7 Å². The average molecular weight is 623 g/mol. The number of methoxy groups -OCH3 is 3. The summed E-state index contributed by atoms with van der Waals surface area (Å²) in [7, 11) is 0.454. The summed E-state index contributed by atoms with van der Waals surface area (Å²) in [6.07, 6.45) is -0.245. The van der Waals surface area contributed by atoms with Gasteiger partial charge in [-0.2, -0.15) is 23.3 Å². The second-order valence-electron chi connectivity index (χ2n) is 9.06. The Bertz CT molecular complexity index is 1820. The van der Waals surface area contributed by atoms with E-state index in [-0.39, 0.29) is 29.4 Å². The molecule has 0 spiro atoms. The van der Waals surface area contributed by atoms with Crippen molar-refractivity contribution < 1.29 is 40.6 Å². The molecule has 0 aliphatic carbocycles. The molecule has 0 aliphatic heterocycles. The molecule has 0 amide bonds. The van der Waals surface area contributed by atoms with Crippen LogP contribution in [0.2, 0.25) is 0 Å². The molecule has 0 aliphatic rings. The quantitative estimate of drug-likeness (QED) is 0.259. The van der Waals surface area contributed by atoms with E-state index in [1.54, 1.807) is 18.2 Å². The third-order valence-electron chi connectivity index (χ3n) is 5.98. The fourth-order valence-electron chi connectivity index (χ4n) is 3.88. The zero-order chi connectivity index (χ0) is 31.5. The maximum Gasteiger partial charge on any atom is 0.435 e. The van der Waals surface area contributed by atoms with E-state index in [1.165, 1.54) is 26.6 Å². The van der Waals surface area contributed by atoms with Gasteiger partial charge in [0.25, 0.3) is 5.56 Å². The van der Waals surface area contributed by atoms with Crippen LogP contribution >= 0.6 is 0 Å². The van der Waals surface area contributed by atoms with Gasteiger partial charge in [0, 0.05) is 66.4 Å². The molecule has 0 saturated carbocycles. The number of anilines is 2. The van der Waals surface area contributed by atoms with Crippen molar-refractivity contribution in [3.05, 3.63) is 70.5 Å². The molecule has 0 bridgehead atoms. The van der Waals surface area contributed by atoms with Gasteiger partial charge in [0.05, 0.1) is 27.1 Å². The highest BCUT2D eigenvalue weighted by Gasteiger charge is 2.34. The molecule has 3 aromatic heterocycles. The number of benzene rings is 1. The Kier molecular flexibility index (Phi) is 8.75. The third-order valence-corrected chi connectivity index (χ3v) is 6.90. The molecule has 3 heterocycles. The number of nitrogens with one attached hydrogen (secondary N) is 1. The third kappa shape index (κ3) is 7.29. The van der Waals surface area contributed by atoms with Crippen molar-refractivity contribution >= 4 is 27.4 Å². The van der Waals surface area contributed by atoms with E-state index >= 15 is 0 Å². The Morgan fingerprint density at radius 2 is 1.74 bits per heavy atom. The Hall–Kier alpha value is -4.93. The van der Waals surface area contributed by atoms with Crippen LogP contribution in [-0.4, -0.2) is 72.0 Å². The molecule has 0 saturated heterocycles. The number of pyridine rings is 1. The topological polar surface area (TPSA) is 157 Å². The number of aromatic nitrogens is 5. The SMILES string of the molecule is COC(=O)c1cc(-c2cnc(Nc3cc(OC)cc(OC)c3)nc2-n2ccc(C(F)(F)F)n2)cn(CCS(C)(=O)=O)c1=O. The van der Waals surface area contributed by atoms with E-state index in [0.717, 1.165) is 40.9 Å². The molecular formula is C26H25F3N6O7S. The Labute approximate surface area is 242 Å². The number of nitrogens with zero attached hydrogens (tertiary/aromatic N) is 5. The minimum atomic E-state index is -4.76. The largest absolute Gasteiger partial charge is 0.497 e. The normalized spacial score (nSPS) is 11.7. The zero-order valence-electron chi connectivity index (χ0n) is 23.2. The van der Waals surface area contributed by atoms with Gasteiger partial charge in [0.1, 0.15) is 26.9 Å². The van der Waals surface area contributed by atoms with E-state index in [4.69, 9.17) is 14.2 Å². The predicted octanol–water partition coefficient (Wildman–Crippen LogP) is 3.10. The molecule has 17 heteroatoms. The number of ether oxygens (including phenoxy) is 3. The van der Waals surface area contributed by atoms with Crippen LogP contribution < -0.4 is 20.3 Å². The summed E-state index contributed by atoms with van der Waals surface area (Å²) in [5.74, 6) is -0.782. The lowest BCUT2D eigenvalue weighted by molar-refractivity contribution is -0.141. The molecule has 0 atom stereocenters.